The van der Waals surface area contributed by atoms with E-state index in [0.29, 0.717) is 11.4 Å². The van der Waals surface area contributed by atoms with Gasteiger partial charge in [0.25, 0.3) is 11.6 Å². The van der Waals surface area contributed by atoms with E-state index < -0.39 is 4.92 Å². The Balaban J connectivity index is 1.40. The van der Waals surface area contributed by atoms with Crippen LogP contribution in [0.1, 0.15) is 15.9 Å². The van der Waals surface area contributed by atoms with E-state index in [-0.39, 0.29) is 17.2 Å². The van der Waals surface area contributed by atoms with Crippen molar-refractivity contribution < 1.29 is 9.72 Å². The van der Waals surface area contributed by atoms with Gasteiger partial charge in [-0.25, -0.2) is 0 Å². The number of piperazine rings is 2. The summed E-state index contributed by atoms with van der Waals surface area (Å²) >= 11 is 0. The van der Waals surface area contributed by atoms with Crippen LogP contribution in [0.25, 0.3) is 0 Å². The van der Waals surface area contributed by atoms with Crippen molar-refractivity contribution in [1.82, 2.24) is 14.7 Å². The number of nitrogens with zero attached hydrogens (tertiary/aromatic N) is 5. The van der Waals surface area contributed by atoms with Gasteiger partial charge >= 0.3 is 0 Å². The Bertz CT molecular complexity index is 980. The molecule has 0 saturated carbocycles. The summed E-state index contributed by atoms with van der Waals surface area (Å²) in [6.45, 7) is 8.31. The number of carbonyl (C=O) groups is 1. The fourth-order valence-corrected chi connectivity index (χ4v) is 4.29. The van der Waals surface area contributed by atoms with E-state index in [9.17, 15) is 14.9 Å². The fourth-order valence-electron chi connectivity index (χ4n) is 4.29. The highest BCUT2D eigenvalue weighted by Crippen LogP contribution is 2.30. The molecule has 2 fully saturated rings. The molecule has 1 N–H and O–H groups in total. The Morgan fingerprint density at radius 3 is 2.12 bits per heavy atom. The highest BCUT2D eigenvalue weighted by atomic mass is 16.6. The number of hydrogen-bond donors (Lipinski definition) is 1. The van der Waals surface area contributed by atoms with Crippen LogP contribution in [0.3, 0.4) is 0 Å². The maximum Gasteiger partial charge on any atom is 0.293 e. The van der Waals surface area contributed by atoms with Gasteiger partial charge in [0.05, 0.1) is 4.92 Å². The first-order chi connectivity index (χ1) is 15.9. The summed E-state index contributed by atoms with van der Waals surface area (Å²) in [4.78, 5) is 33.1. The molecule has 4 rings (SSSR count). The number of nitro benzene ring substituents is 1. The normalized spacial score (nSPS) is 18.3. The van der Waals surface area contributed by atoms with Crippen LogP contribution in [0.2, 0.25) is 0 Å². The molecule has 0 spiro atoms. The van der Waals surface area contributed by atoms with Crippen molar-refractivity contribution in [2.75, 3.05) is 76.7 Å². The van der Waals surface area contributed by atoms with Crippen molar-refractivity contribution in [3.63, 3.8) is 0 Å². The van der Waals surface area contributed by atoms with Gasteiger partial charge in [-0.15, -0.1) is 0 Å². The summed E-state index contributed by atoms with van der Waals surface area (Å²) in [6.07, 6.45) is 0. The molecule has 33 heavy (non-hydrogen) atoms. The quantitative estimate of drug-likeness (QED) is 0.532. The SMILES string of the molecule is CN1CCN(Cc2ccc(NC(=O)c3ccc(N4CCN(C)CC4)c([N+](=O)[O-])c3)cc2)CC1. The summed E-state index contributed by atoms with van der Waals surface area (Å²) in [6, 6.07) is 12.5. The van der Waals surface area contributed by atoms with Crippen LogP contribution in [-0.2, 0) is 6.54 Å². The lowest BCUT2D eigenvalue weighted by molar-refractivity contribution is -0.384. The van der Waals surface area contributed by atoms with Crippen molar-refractivity contribution >= 4 is 23.0 Å². The molecule has 9 heteroatoms. The largest absolute Gasteiger partial charge is 0.363 e. The number of benzene rings is 2. The Hall–Kier alpha value is -3.01. The first kappa shape index (κ1) is 23.2. The summed E-state index contributed by atoms with van der Waals surface area (Å²) in [7, 11) is 4.18. The van der Waals surface area contributed by atoms with E-state index in [1.165, 1.54) is 11.6 Å². The van der Waals surface area contributed by atoms with E-state index in [2.05, 4.69) is 27.1 Å². The van der Waals surface area contributed by atoms with Crippen molar-refractivity contribution in [2.45, 2.75) is 6.54 Å². The molecule has 2 heterocycles. The molecule has 9 nitrogen and oxygen atoms in total. The first-order valence-corrected chi connectivity index (χ1v) is 11.4. The zero-order valence-corrected chi connectivity index (χ0v) is 19.4. The van der Waals surface area contributed by atoms with Gasteiger partial charge in [0, 0.05) is 76.2 Å². The second-order valence-corrected chi connectivity index (χ2v) is 8.98. The molecule has 0 atom stereocenters. The Kier molecular flexibility index (Phi) is 7.22. The summed E-state index contributed by atoms with van der Waals surface area (Å²) in [5.74, 6) is -0.352. The predicted molar refractivity (Wildman–Crippen MR) is 130 cm³/mol. The maximum absolute atomic E-state index is 12.8. The topological polar surface area (TPSA) is 85.2 Å². The molecule has 0 unspecified atom stereocenters. The minimum absolute atomic E-state index is 0.0327. The van der Waals surface area contributed by atoms with Gasteiger partial charge < -0.3 is 20.0 Å². The average molecular weight is 453 g/mol. The third-order valence-corrected chi connectivity index (χ3v) is 6.49. The van der Waals surface area contributed by atoms with Gasteiger partial charge in [0.1, 0.15) is 5.69 Å². The van der Waals surface area contributed by atoms with Crippen LogP contribution < -0.4 is 10.2 Å². The maximum atomic E-state index is 12.8. The van der Waals surface area contributed by atoms with Crippen LogP contribution in [0.15, 0.2) is 42.5 Å². The third kappa shape index (κ3) is 5.87. The third-order valence-electron chi connectivity index (χ3n) is 6.49. The monoisotopic (exact) mass is 452 g/mol. The molecule has 2 aliphatic rings. The number of nitro groups is 1. The molecular formula is C24H32N6O3. The van der Waals surface area contributed by atoms with Gasteiger partial charge in [-0.05, 0) is 43.9 Å². The average Bonchev–Trinajstić information content (AvgIpc) is 2.82. The molecule has 2 saturated heterocycles. The lowest BCUT2D eigenvalue weighted by atomic mass is 10.1. The number of anilines is 2. The molecule has 2 aromatic carbocycles. The first-order valence-electron chi connectivity index (χ1n) is 11.4. The number of carbonyl (C=O) groups excluding carboxylic acids is 1. The van der Waals surface area contributed by atoms with Gasteiger partial charge in [0.15, 0.2) is 0 Å². The van der Waals surface area contributed by atoms with E-state index >= 15 is 0 Å². The molecule has 2 aromatic rings. The van der Waals surface area contributed by atoms with Crippen molar-refractivity contribution in [3.8, 4) is 0 Å². The van der Waals surface area contributed by atoms with Crippen molar-refractivity contribution in [1.29, 1.82) is 0 Å². The fraction of sp³-hybridized carbons (Fsp3) is 0.458. The zero-order valence-electron chi connectivity index (χ0n) is 19.4. The van der Waals surface area contributed by atoms with E-state index in [1.807, 2.05) is 36.2 Å². The molecule has 0 bridgehead atoms. The second-order valence-electron chi connectivity index (χ2n) is 8.98. The van der Waals surface area contributed by atoms with Crippen molar-refractivity contribution in [2.24, 2.45) is 0 Å². The van der Waals surface area contributed by atoms with Crippen LogP contribution in [0, 0.1) is 10.1 Å². The molecule has 0 aliphatic carbocycles. The molecule has 0 aromatic heterocycles. The summed E-state index contributed by atoms with van der Waals surface area (Å²) in [5.41, 5.74) is 2.69. The number of nitrogens with one attached hydrogen (secondary N) is 1. The van der Waals surface area contributed by atoms with Gasteiger partial charge in [0.2, 0.25) is 0 Å². The van der Waals surface area contributed by atoms with Gasteiger partial charge in [-0.3, -0.25) is 19.8 Å². The van der Waals surface area contributed by atoms with Crippen LogP contribution in [0.4, 0.5) is 17.1 Å². The number of rotatable bonds is 6. The van der Waals surface area contributed by atoms with E-state index in [4.69, 9.17) is 0 Å². The number of likely N-dealkylation sites (N-methyl/N-ethyl adjacent to an activating group) is 2. The summed E-state index contributed by atoms with van der Waals surface area (Å²) < 4.78 is 0. The summed E-state index contributed by atoms with van der Waals surface area (Å²) in [5, 5.41) is 14.6. The molecule has 1 amide bonds. The lowest BCUT2D eigenvalue weighted by Crippen LogP contribution is -2.44. The molecule has 176 valence electrons. The molecular weight excluding hydrogens is 420 g/mol. The Labute approximate surface area is 194 Å². The number of amides is 1. The van der Waals surface area contributed by atoms with Crippen LogP contribution in [0.5, 0.6) is 0 Å². The van der Waals surface area contributed by atoms with Crippen molar-refractivity contribution in [3.05, 3.63) is 63.7 Å². The molecule has 2 aliphatic heterocycles. The minimum atomic E-state index is -0.405. The standard InChI is InChI=1S/C24H32N6O3/c1-26-9-13-28(14-10-26)18-19-3-6-21(7-4-19)25-24(31)20-5-8-22(23(17-20)30(32)33)29-15-11-27(2)12-16-29/h3-8,17H,9-16,18H2,1-2H3,(H,25,31). The Morgan fingerprint density at radius 2 is 1.52 bits per heavy atom. The lowest BCUT2D eigenvalue weighted by Gasteiger charge is -2.33. The predicted octanol–water partition coefficient (Wildman–Crippen LogP) is 2.35. The van der Waals surface area contributed by atoms with Gasteiger partial charge in [-0.1, -0.05) is 12.1 Å². The second kappa shape index (κ2) is 10.3. The van der Waals surface area contributed by atoms with Gasteiger partial charge in [-0.2, -0.15) is 0 Å². The Morgan fingerprint density at radius 1 is 0.909 bits per heavy atom. The highest BCUT2D eigenvalue weighted by molar-refractivity contribution is 6.05. The zero-order chi connectivity index (χ0) is 23.4. The smallest absolute Gasteiger partial charge is 0.293 e. The minimum Gasteiger partial charge on any atom is -0.363 e. The van der Waals surface area contributed by atoms with Crippen LogP contribution >= 0.6 is 0 Å². The van der Waals surface area contributed by atoms with Crippen LogP contribution in [-0.4, -0.2) is 92.0 Å². The molecule has 0 radical (unpaired) electrons. The number of hydrogen-bond acceptors (Lipinski definition) is 7. The van der Waals surface area contributed by atoms with E-state index in [1.54, 1.807) is 12.1 Å². The highest BCUT2D eigenvalue weighted by Gasteiger charge is 2.24. The van der Waals surface area contributed by atoms with E-state index in [0.717, 1.165) is 58.9 Å².